The van der Waals surface area contributed by atoms with Crippen molar-refractivity contribution in [2.45, 2.75) is 0 Å². The zero-order chi connectivity index (χ0) is 0. The van der Waals surface area contributed by atoms with Gasteiger partial charge in [0.1, 0.15) is 0 Å². The van der Waals surface area contributed by atoms with E-state index in [1.165, 1.54) is 0 Å². The zero-order valence-corrected chi connectivity index (χ0v) is 10.3. The van der Waals surface area contributed by atoms with Gasteiger partial charge in [-0.3, -0.25) is 4.70 Å². The van der Waals surface area contributed by atoms with Crippen molar-refractivity contribution < 1.29 is 4.70 Å². The average Bonchev–Trinajstić information content (AvgIpc) is 0. The van der Waals surface area contributed by atoms with Gasteiger partial charge in [-0.15, -0.1) is 0 Å². The Bertz CT molecular complexity index is 5.30. The molecule has 0 aromatic carbocycles. The lowest BCUT2D eigenvalue weighted by molar-refractivity contribution is 1.11. The van der Waals surface area contributed by atoms with Crippen LogP contribution in [0.15, 0.2) is 0 Å². The van der Waals surface area contributed by atoms with E-state index in [0.717, 1.165) is 0 Å². The molecule has 0 aromatic rings. The number of hydrogen-bond donors (Lipinski definition) is 14. The summed E-state index contributed by atoms with van der Waals surface area (Å²) in [5, 5.41) is 0. The maximum atomic E-state index is 0. The molecule has 0 amide bonds. The van der Waals surface area contributed by atoms with E-state index in [1.807, 2.05) is 0 Å². The molecular weight excluding hydrogens is 215 g/mol. The second-order valence-electron chi connectivity index (χ2n) is 0. The summed E-state index contributed by atoms with van der Waals surface area (Å²) in [5.41, 5.74) is 0. The molecule has 0 saturated carbocycles. The van der Waals surface area contributed by atoms with Gasteiger partial charge in [-0.05, 0) is 0 Å². The molecule has 0 radical (unpaired) electrons. The van der Waals surface area contributed by atoms with Gasteiger partial charge in [-0.2, -0.15) is 0 Å². The van der Waals surface area contributed by atoms with Crippen LogP contribution in [0.5, 0.6) is 0 Å². The SMILES string of the molecule is F.N.N.N.N.N.N.N.N.N.N.N.N.N.N. The van der Waals surface area contributed by atoms with Crippen molar-refractivity contribution in [3.05, 3.63) is 0 Å². The summed E-state index contributed by atoms with van der Waals surface area (Å²) in [6, 6.07) is 0. The van der Waals surface area contributed by atoms with E-state index in [0.29, 0.717) is 0 Å². The standard InChI is InChI=1S/FH.14H3N/h1H;14*1H3. The third-order valence-corrected chi connectivity index (χ3v) is 0. The summed E-state index contributed by atoms with van der Waals surface area (Å²) >= 11 is 0. The van der Waals surface area contributed by atoms with Crippen LogP contribution < -0.4 is 86.1 Å². The maximum absolute atomic E-state index is 0. The molecule has 15 heavy (non-hydrogen) atoms. The zero-order valence-electron chi connectivity index (χ0n) is 10.3. The Morgan fingerprint density at radius 1 is 0.133 bits per heavy atom. The van der Waals surface area contributed by atoms with E-state index in [-0.39, 0.29) is 90.8 Å². The van der Waals surface area contributed by atoms with Gasteiger partial charge in [-0.25, -0.2) is 0 Å². The lowest BCUT2D eigenvalue weighted by atomic mass is 14.0. The van der Waals surface area contributed by atoms with Gasteiger partial charge in [0.15, 0.2) is 0 Å². The first-order chi connectivity index (χ1) is 0. The summed E-state index contributed by atoms with van der Waals surface area (Å²) in [7, 11) is 0. The predicted molar refractivity (Wildman–Crippen MR) is 72.8 cm³/mol. The van der Waals surface area contributed by atoms with Gasteiger partial charge in [0.2, 0.25) is 0 Å². The van der Waals surface area contributed by atoms with Crippen molar-refractivity contribution in [3.8, 4) is 0 Å². The van der Waals surface area contributed by atoms with Gasteiger partial charge >= 0.3 is 0 Å². The highest BCUT2D eigenvalue weighted by Crippen LogP contribution is 0.420. The highest BCUT2D eigenvalue weighted by Gasteiger charge is -0.268. The first kappa shape index (κ1) is 6470. The Balaban J connectivity index is 0. The van der Waals surface area contributed by atoms with Crippen molar-refractivity contribution >= 4 is 0 Å². The number of rotatable bonds is 0. The van der Waals surface area contributed by atoms with Crippen molar-refractivity contribution in [1.82, 2.24) is 86.1 Å². The lowest BCUT2D eigenvalue weighted by Crippen LogP contribution is -0.482. The molecule has 0 saturated heterocycles. The lowest BCUT2D eigenvalue weighted by Gasteiger charge is -0.345. The smallest absolute Gasteiger partial charge is 0.269 e. The summed E-state index contributed by atoms with van der Waals surface area (Å²) < 4.78 is 0. The Morgan fingerprint density at radius 2 is 0.133 bits per heavy atom. The minimum atomic E-state index is 0. The molecule has 0 aliphatic heterocycles. The Morgan fingerprint density at radius 3 is 0.133 bits per heavy atom. The van der Waals surface area contributed by atoms with E-state index in [9.17, 15) is 0 Å². The molecule has 0 spiro atoms. The van der Waals surface area contributed by atoms with Crippen LogP contribution in [-0.4, -0.2) is 0 Å². The van der Waals surface area contributed by atoms with E-state index in [4.69, 9.17) is 0 Å². The van der Waals surface area contributed by atoms with Crippen molar-refractivity contribution in [1.29, 1.82) is 0 Å². The van der Waals surface area contributed by atoms with Gasteiger partial charge in [-0.1, -0.05) is 0 Å². The molecule has 120 valence electrons. The first-order valence-electron chi connectivity index (χ1n) is 0. The number of hydrogen-bond acceptors (Lipinski definition) is 14. The molecule has 0 heterocycles. The van der Waals surface area contributed by atoms with Gasteiger partial charge in [0, 0.05) is 0 Å². The highest BCUT2D eigenvalue weighted by atomic mass is 19.0. The third kappa shape index (κ3) is 4350. The van der Waals surface area contributed by atoms with E-state index in [2.05, 4.69) is 0 Å². The van der Waals surface area contributed by atoms with Crippen LogP contribution in [0.25, 0.3) is 0 Å². The molecule has 0 fully saturated rings. The molecule has 42 N–H and O–H groups in total. The Kier molecular flexibility index (Phi) is 2220000. The van der Waals surface area contributed by atoms with E-state index >= 15 is 0 Å². The molecule has 0 aromatic heterocycles. The van der Waals surface area contributed by atoms with Crippen LogP contribution in [0.1, 0.15) is 0 Å². The van der Waals surface area contributed by atoms with Crippen LogP contribution in [0.4, 0.5) is 4.70 Å². The quantitative estimate of drug-likeness (QED) is 0.296. The van der Waals surface area contributed by atoms with E-state index in [1.54, 1.807) is 0 Å². The second kappa shape index (κ2) is 5150. The first-order valence-corrected chi connectivity index (χ1v) is 0. The fourth-order valence-electron chi connectivity index (χ4n) is 0. The molecule has 0 aliphatic rings. The molecule has 15 heteroatoms. The van der Waals surface area contributed by atoms with Gasteiger partial charge < -0.3 is 86.1 Å². The van der Waals surface area contributed by atoms with Crippen LogP contribution in [0, 0.1) is 0 Å². The van der Waals surface area contributed by atoms with Gasteiger partial charge in [0.25, 0.3) is 0 Å². The topological polar surface area (TPSA) is 490 Å². The molecular formula is H43FN14. The molecule has 14 nitrogen and oxygen atoms in total. The minimum absolute atomic E-state index is 0. The van der Waals surface area contributed by atoms with Crippen LogP contribution in [-0.2, 0) is 0 Å². The van der Waals surface area contributed by atoms with E-state index < -0.39 is 0 Å². The summed E-state index contributed by atoms with van der Waals surface area (Å²) in [6.45, 7) is 0. The molecule has 0 atom stereocenters. The minimum Gasteiger partial charge on any atom is -0.344 e. The molecule has 0 aliphatic carbocycles. The molecule has 0 bridgehead atoms. The normalized spacial score (nSPS) is 0. The third-order valence-electron chi connectivity index (χ3n) is 0. The Hall–Kier alpha value is -0.630. The van der Waals surface area contributed by atoms with Crippen LogP contribution >= 0.6 is 0 Å². The molecule has 0 rings (SSSR count). The van der Waals surface area contributed by atoms with Gasteiger partial charge in [0.05, 0.1) is 0 Å². The Labute approximate surface area is 92.0 Å². The van der Waals surface area contributed by atoms with Crippen LogP contribution in [0.3, 0.4) is 0 Å². The summed E-state index contributed by atoms with van der Waals surface area (Å²) in [5.74, 6) is 0. The van der Waals surface area contributed by atoms with Crippen molar-refractivity contribution in [2.24, 2.45) is 0 Å². The summed E-state index contributed by atoms with van der Waals surface area (Å²) in [4.78, 5) is 0. The second-order valence-corrected chi connectivity index (χ2v) is 0. The summed E-state index contributed by atoms with van der Waals surface area (Å²) in [6.07, 6.45) is 0. The predicted octanol–water partition coefficient (Wildman–Crippen LogP) is 2.42. The fourth-order valence-corrected chi connectivity index (χ4v) is 0. The number of halogens is 1. The molecule has 0 unspecified atom stereocenters. The monoisotopic (exact) mass is 258 g/mol. The largest absolute Gasteiger partial charge is 0.344 e. The average molecular weight is 258 g/mol. The van der Waals surface area contributed by atoms with Crippen molar-refractivity contribution in [2.75, 3.05) is 0 Å². The van der Waals surface area contributed by atoms with Crippen molar-refractivity contribution in [3.63, 3.8) is 0 Å². The van der Waals surface area contributed by atoms with Crippen LogP contribution in [0.2, 0.25) is 0 Å². The highest BCUT2D eigenvalue weighted by molar-refractivity contribution is 2.15. The fraction of sp³-hybridized carbons (Fsp3) is 0. The maximum Gasteiger partial charge on any atom is -0.269 e.